The van der Waals surface area contributed by atoms with Gasteiger partial charge in [0.25, 0.3) is 0 Å². The van der Waals surface area contributed by atoms with E-state index in [2.05, 4.69) is 33.7 Å². The molecule has 0 bridgehead atoms. The van der Waals surface area contributed by atoms with Gasteiger partial charge in [-0.2, -0.15) is 0 Å². The Kier molecular flexibility index (Phi) is 5.93. The minimum absolute atomic E-state index is 0.761. The highest BCUT2D eigenvalue weighted by Crippen LogP contribution is 2.27. The van der Waals surface area contributed by atoms with Gasteiger partial charge in [-0.05, 0) is 50.2 Å². The van der Waals surface area contributed by atoms with E-state index in [9.17, 15) is 0 Å². The van der Waals surface area contributed by atoms with Crippen molar-refractivity contribution < 1.29 is 9.47 Å². The van der Waals surface area contributed by atoms with Gasteiger partial charge in [-0.15, -0.1) is 0 Å². The number of morpholine rings is 1. The third-order valence-electron chi connectivity index (χ3n) is 4.24. The summed E-state index contributed by atoms with van der Waals surface area (Å²) in [7, 11) is 0. The molecule has 5 nitrogen and oxygen atoms in total. The van der Waals surface area contributed by atoms with Crippen molar-refractivity contribution >= 4 is 5.69 Å². The average molecular weight is 305 g/mol. The van der Waals surface area contributed by atoms with Crippen molar-refractivity contribution in [2.24, 2.45) is 0 Å². The van der Waals surface area contributed by atoms with E-state index in [0.29, 0.717) is 0 Å². The van der Waals surface area contributed by atoms with Crippen LogP contribution in [0.15, 0.2) is 18.2 Å². The SMILES string of the molecule is c1cc2c(cc1CCNCCCN1CCOCC1)NCCO2. The molecule has 5 heteroatoms. The number of fused-ring (bicyclic) bond motifs is 1. The van der Waals surface area contributed by atoms with Crippen LogP contribution in [-0.2, 0) is 11.2 Å². The Hall–Kier alpha value is -1.30. The van der Waals surface area contributed by atoms with Gasteiger partial charge in [0.2, 0.25) is 0 Å². The van der Waals surface area contributed by atoms with Gasteiger partial charge in [0.05, 0.1) is 18.9 Å². The molecule has 1 aromatic carbocycles. The maximum atomic E-state index is 5.60. The number of anilines is 1. The van der Waals surface area contributed by atoms with Crippen LogP contribution in [0, 0.1) is 0 Å². The number of benzene rings is 1. The molecule has 0 atom stereocenters. The van der Waals surface area contributed by atoms with Gasteiger partial charge in [0.15, 0.2) is 0 Å². The zero-order valence-electron chi connectivity index (χ0n) is 13.3. The van der Waals surface area contributed by atoms with Crippen molar-refractivity contribution in [2.75, 3.05) is 64.4 Å². The molecule has 0 unspecified atom stereocenters. The Balaban J connectivity index is 1.30. The fourth-order valence-electron chi connectivity index (χ4n) is 2.95. The second-order valence-corrected chi connectivity index (χ2v) is 5.91. The monoisotopic (exact) mass is 305 g/mol. The highest BCUT2D eigenvalue weighted by molar-refractivity contribution is 5.59. The van der Waals surface area contributed by atoms with Crippen LogP contribution in [0.5, 0.6) is 5.75 Å². The van der Waals surface area contributed by atoms with Gasteiger partial charge in [-0.1, -0.05) is 6.07 Å². The first-order chi connectivity index (χ1) is 10.9. The summed E-state index contributed by atoms with van der Waals surface area (Å²) in [4.78, 5) is 2.49. The standard InChI is InChI=1S/C17H27N3O2/c1(8-20-9-12-21-13-10-20)5-18-6-4-15-2-3-17-16(14-15)19-7-11-22-17/h2-3,14,18-19H,1,4-13H2. The maximum Gasteiger partial charge on any atom is 0.142 e. The van der Waals surface area contributed by atoms with Crippen LogP contribution < -0.4 is 15.4 Å². The number of hydrogen-bond acceptors (Lipinski definition) is 5. The Morgan fingerprint density at radius 2 is 2.05 bits per heavy atom. The van der Waals surface area contributed by atoms with E-state index in [4.69, 9.17) is 9.47 Å². The summed E-state index contributed by atoms with van der Waals surface area (Å²) < 4.78 is 11.0. The summed E-state index contributed by atoms with van der Waals surface area (Å²) in [5, 5.41) is 6.93. The predicted molar refractivity (Wildman–Crippen MR) is 88.9 cm³/mol. The Morgan fingerprint density at radius 3 is 2.95 bits per heavy atom. The van der Waals surface area contributed by atoms with Crippen LogP contribution in [-0.4, -0.2) is 64.0 Å². The smallest absolute Gasteiger partial charge is 0.142 e. The van der Waals surface area contributed by atoms with Crippen LogP contribution in [0.4, 0.5) is 5.69 Å². The van der Waals surface area contributed by atoms with Crippen molar-refractivity contribution in [2.45, 2.75) is 12.8 Å². The third-order valence-corrected chi connectivity index (χ3v) is 4.24. The molecule has 2 heterocycles. The summed E-state index contributed by atoms with van der Waals surface area (Å²) >= 11 is 0. The van der Waals surface area contributed by atoms with Gasteiger partial charge in [0.1, 0.15) is 12.4 Å². The normalized spacial score (nSPS) is 18.4. The molecule has 0 saturated carbocycles. The van der Waals surface area contributed by atoms with Gasteiger partial charge in [0, 0.05) is 19.6 Å². The lowest BCUT2D eigenvalue weighted by Crippen LogP contribution is -2.37. The summed E-state index contributed by atoms with van der Waals surface area (Å²) in [6.45, 7) is 8.91. The third kappa shape index (κ3) is 4.60. The number of rotatable bonds is 7. The molecule has 0 amide bonds. The topological polar surface area (TPSA) is 45.8 Å². The molecular formula is C17H27N3O2. The fraction of sp³-hybridized carbons (Fsp3) is 0.647. The summed E-state index contributed by atoms with van der Waals surface area (Å²) in [6, 6.07) is 6.46. The number of nitrogens with zero attached hydrogens (tertiary/aromatic N) is 1. The summed E-state index contributed by atoms with van der Waals surface area (Å²) in [6.07, 6.45) is 2.27. The van der Waals surface area contributed by atoms with Crippen molar-refractivity contribution in [1.29, 1.82) is 0 Å². The molecule has 0 aliphatic carbocycles. The molecular weight excluding hydrogens is 278 g/mol. The predicted octanol–water partition coefficient (Wildman–Crippen LogP) is 1.35. The molecule has 2 aliphatic heterocycles. The van der Waals surface area contributed by atoms with Crippen LogP contribution in [0.1, 0.15) is 12.0 Å². The van der Waals surface area contributed by atoms with Crippen molar-refractivity contribution in [3.8, 4) is 5.75 Å². The van der Waals surface area contributed by atoms with Crippen molar-refractivity contribution in [1.82, 2.24) is 10.2 Å². The Bertz CT molecular complexity index is 461. The maximum absolute atomic E-state index is 5.60. The van der Waals surface area contributed by atoms with E-state index in [-0.39, 0.29) is 0 Å². The molecule has 3 rings (SSSR count). The number of hydrogen-bond donors (Lipinski definition) is 2. The van der Waals surface area contributed by atoms with E-state index >= 15 is 0 Å². The first-order valence-electron chi connectivity index (χ1n) is 8.42. The van der Waals surface area contributed by atoms with Crippen LogP contribution >= 0.6 is 0 Å². The molecule has 0 aromatic heterocycles. The lowest BCUT2D eigenvalue weighted by Gasteiger charge is -2.26. The second kappa shape index (κ2) is 8.36. The first-order valence-corrected chi connectivity index (χ1v) is 8.42. The highest BCUT2D eigenvalue weighted by Gasteiger charge is 2.10. The average Bonchev–Trinajstić information content (AvgIpc) is 2.59. The van der Waals surface area contributed by atoms with E-state index in [1.165, 1.54) is 18.5 Å². The highest BCUT2D eigenvalue weighted by atomic mass is 16.5. The zero-order valence-corrected chi connectivity index (χ0v) is 13.3. The van der Waals surface area contributed by atoms with Gasteiger partial charge in [-0.25, -0.2) is 0 Å². The molecule has 0 radical (unpaired) electrons. The molecule has 1 saturated heterocycles. The van der Waals surface area contributed by atoms with E-state index < -0.39 is 0 Å². The second-order valence-electron chi connectivity index (χ2n) is 5.91. The lowest BCUT2D eigenvalue weighted by atomic mass is 10.1. The van der Waals surface area contributed by atoms with E-state index in [0.717, 1.165) is 70.4 Å². The Labute approximate surface area is 133 Å². The minimum Gasteiger partial charge on any atom is -0.490 e. The largest absolute Gasteiger partial charge is 0.490 e. The van der Waals surface area contributed by atoms with E-state index in [1.54, 1.807) is 0 Å². The molecule has 0 spiro atoms. The molecule has 22 heavy (non-hydrogen) atoms. The van der Waals surface area contributed by atoms with Gasteiger partial charge in [-0.3, -0.25) is 4.90 Å². The first kappa shape index (κ1) is 15.6. The zero-order chi connectivity index (χ0) is 15.0. The molecule has 2 aliphatic rings. The fourth-order valence-corrected chi connectivity index (χ4v) is 2.95. The number of ether oxygens (including phenoxy) is 2. The summed E-state index contributed by atoms with van der Waals surface area (Å²) in [5.74, 6) is 0.980. The molecule has 1 fully saturated rings. The molecule has 2 N–H and O–H groups in total. The lowest BCUT2D eigenvalue weighted by molar-refractivity contribution is 0.0375. The molecule has 122 valence electrons. The quantitative estimate of drug-likeness (QED) is 0.745. The van der Waals surface area contributed by atoms with Crippen LogP contribution in [0.2, 0.25) is 0 Å². The number of nitrogens with one attached hydrogen (secondary N) is 2. The van der Waals surface area contributed by atoms with Crippen LogP contribution in [0.25, 0.3) is 0 Å². The summed E-state index contributed by atoms with van der Waals surface area (Å²) in [5.41, 5.74) is 2.49. The van der Waals surface area contributed by atoms with E-state index in [1.807, 2.05) is 0 Å². The van der Waals surface area contributed by atoms with Crippen molar-refractivity contribution in [3.05, 3.63) is 23.8 Å². The van der Waals surface area contributed by atoms with Gasteiger partial charge < -0.3 is 20.1 Å². The molecule has 1 aromatic rings. The minimum atomic E-state index is 0.761. The van der Waals surface area contributed by atoms with Crippen molar-refractivity contribution in [3.63, 3.8) is 0 Å². The van der Waals surface area contributed by atoms with Crippen LogP contribution in [0.3, 0.4) is 0 Å². The van der Waals surface area contributed by atoms with Gasteiger partial charge >= 0.3 is 0 Å². The Morgan fingerprint density at radius 1 is 1.14 bits per heavy atom.